The van der Waals surface area contributed by atoms with Crippen molar-refractivity contribution < 1.29 is 28.5 Å². The van der Waals surface area contributed by atoms with Gasteiger partial charge in [-0.05, 0) is 55.5 Å². The van der Waals surface area contributed by atoms with Crippen molar-refractivity contribution in [2.24, 2.45) is 5.10 Å². The maximum atomic E-state index is 13.5. The van der Waals surface area contributed by atoms with E-state index in [0.29, 0.717) is 32.8 Å². The molecule has 10 nitrogen and oxygen atoms in total. The lowest BCUT2D eigenvalue weighted by molar-refractivity contribution is -0.144. The Morgan fingerprint density at radius 2 is 1.82 bits per heavy atom. The van der Waals surface area contributed by atoms with Gasteiger partial charge < -0.3 is 23.7 Å². The summed E-state index contributed by atoms with van der Waals surface area (Å²) in [5.74, 6) is -0.0543. The maximum Gasteiger partial charge on any atom is 0.344 e. The molecule has 0 spiro atoms. The van der Waals surface area contributed by atoms with Crippen LogP contribution >= 0.6 is 11.6 Å². The summed E-state index contributed by atoms with van der Waals surface area (Å²) in [5.41, 5.74) is 1.15. The van der Waals surface area contributed by atoms with Gasteiger partial charge in [-0.3, -0.25) is 4.79 Å². The Morgan fingerprint density at radius 1 is 1.10 bits per heavy atom. The summed E-state index contributed by atoms with van der Waals surface area (Å²) in [4.78, 5) is 29.5. The van der Waals surface area contributed by atoms with Crippen molar-refractivity contribution in [3.8, 4) is 28.8 Å². The van der Waals surface area contributed by atoms with Crippen LogP contribution in [0.5, 0.6) is 17.2 Å². The standard InChI is InChI=1S/C28H22ClN3O7/c1-15(28(34)35)38-25-22(36-2)10-16(11-23(25)37-3)14-30-32-26(31-20-7-5-4-6-19(20)27(32)33)24-13-17-12-18(29)8-9-21(17)39-24/h4-15H,1-3H3,(H,34,35)/t15-/m0/s1. The third kappa shape index (κ3) is 5.01. The summed E-state index contributed by atoms with van der Waals surface area (Å²) in [6.45, 7) is 1.39. The molecule has 0 fully saturated rings. The van der Waals surface area contributed by atoms with E-state index in [2.05, 4.69) is 10.1 Å². The first-order chi connectivity index (χ1) is 18.8. The molecule has 0 bridgehead atoms. The van der Waals surface area contributed by atoms with Crippen molar-refractivity contribution in [1.82, 2.24) is 9.66 Å². The molecular weight excluding hydrogens is 526 g/mol. The number of benzene rings is 3. The quantitative estimate of drug-likeness (QED) is 0.262. The Hall–Kier alpha value is -4.83. The Morgan fingerprint density at radius 3 is 2.51 bits per heavy atom. The molecule has 0 saturated carbocycles. The predicted octanol–water partition coefficient (Wildman–Crippen LogP) is 5.21. The van der Waals surface area contributed by atoms with Gasteiger partial charge >= 0.3 is 5.97 Å². The number of hydrogen-bond acceptors (Lipinski definition) is 8. The molecule has 0 unspecified atom stereocenters. The molecule has 198 valence electrons. The van der Waals surface area contributed by atoms with Gasteiger partial charge in [-0.15, -0.1) is 0 Å². The predicted molar refractivity (Wildman–Crippen MR) is 146 cm³/mol. The average Bonchev–Trinajstić information content (AvgIpc) is 3.35. The van der Waals surface area contributed by atoms with Crippen LogP contribution in [0.15, 0.2) is 75.0 Å². The number of fused-ring (bicyclic) bond motifs is 2. The largest absolute Gasteiger partial charge is 0.493 e. The normalized spacial score (nSPS) is 12.2. The number of hydrogen-bond donors (Lipinski definition) is 1. The van der Waals surface area contributed by atoms with E-state index in [1.165, 1.54) is 27.4 Å². The fourth-order valence-electron chi connectivity index (χ4n) is 3.96. The zero-order chi connectivity index (χ0) is 27.7. The second-order valence-electron chi connectivity index (χ2n) is 8.46. The summed E-state index contributed by atoms with van der Waals surface area (Å²) < 4.78 is 23.5. The van der Waals surface area contributed by atoms with Crippen molar-refractivity contribution in [1.29, 1.82) is 0 Å². The molecular formula is C28H22ClN3O7. The van der Waals surface area contributed by atoms with Crippen molar-refractivity contribution >= 4 is 45.7 Å². The number of nitrogens with zero attached hydrogens (tertiary/aromatic N) is 3. The van der Waals surface area contributed by atoms with Crippen LogP contribution in [0.25, 0.3) is 33.5 Å². The fourth-order valence-corrected chi connectivity index (χ4v) is 4.14. The van der Waals surface area contributed by atoms with Crippen molar-refractivity contribution in [2.45, 2.75) is 13.0 Å². The lowest BCUT2D eigenvalue weighted by Crippen LogP contribution is -2.23. The Bertz CT molecular complexity index is 1780. The summed E-state index contributed by atoms with van der Waals surface area (Å²) in [6, 6.07) is 17.0. The lowest BCUT2D eigenvalue weighted by atomic mass is 10.2. The molecule has 1 atom stereocenters. The summed E-state index contributed by atoms with van der Waals surface area (Å²) in [6.07, 6.45) is 0.284. The van der Waals surface area contributed by atoms with Crippen molar-refractivity contribution in [3.05, 3.63) is 81.6 Å². The zero-order valence-corrected chi connectivity index (χ0v) is 21.8. The average molecular weight is 548 g/mol. The van der Waals surface area contributed by atoms with Crippen LogP contribution in [-0.2, 0) is 4.79 Å². The van der Waals surface area contributed by atoms with Crippen molar-refractivity contribution in [2.75, 3.05) is 14.2 Å². The summed E-state index contributed by atoms with van der Waals surface area (Å²) >= 11 is 6.14. The smallest absolute Gasteiger partial charge is 0.344 e. The molecule has 0 saturated heterocycles. The van der Waals surface area contributed by atoms with Crippen LogP contribution in [0.2, 0.25) is 5.02 Å². The van der Waals surface area contributed by atoms with E-state index in [1.807, 2.05) is 0 Å². The monoisotopic (exact) mass is 547 g/mol. The third-order valence-corrected chi connectivity index (χ3v) is 6.14. The minimum Gasteiger partial charge on any atom is -0.493 e. The van der Waals surface area contributed by atoms with Crippen LogP contribution in [0, 0.1) is 0 Å². The van der Waals surface area contributed by atoms with Gasteiger partial charge in [-0.2, -0.15) is 9.78 Å². The van der Waals surface area contributed by atoms with E-state index in [4.69, 9.17) is 30.2 Å². The van der Waals surface area contributed by atoms with Crippen LogP contribution in [-0.4, -0.2) is 47.3 Å². The molecule has 2 heterocycles. The SMILES string of the molecule is COc1cc(C=Nn2c(-c3cc4cc(Cl)ccc4o3)nc3ccccc3c2=O)cc(OC)c1O[C@@H](C)C(=O)O. The van der Waals surface area contributed by atoms with E-state index in [1.54, 1.807) is 60.7 Å². The molecule has 0 aliphatic heterocycles. The molecule has 0 radical (unpaired) electrons. The van der Waals surface area contributed by atoms with E-state index in [-0.39, 0.29) is 23.1 Å². The number of halogens is 1. The van der Waals surface area contributed by atoms with Gasteiger partial charge in [-0.25, -0.2) is 9.78 Å². The molecule has 0 aliphatic carbocycles. The number of aliphatic carboxylic acids is 1. The number of methoxy groups -OCH3 is 2. The molecule has 3 aromatic carbocycles. The number of carboxylic acids is 1. The van der Waals surface area contributed by atoms with E-state index < -0.39 is 17.6 Å². The van der Waals surface area contributed by atoms with Gasteiger partial charge in [0, 0.05) is 16.0 Å². The minimum absolute atomic E-state index is 0.123. The molecule has 1 N–H and O–H groups in total. The lowest BCUT2D eigenvalue weighted by Gasteiger charge is -2.17. The van der Waals surface area contributed by atoms with Crippen LogP contribution in [0.1, 0.15) is 12.5 Å². The van der Waals surface area contributed by atoms with Crippen LogP contribution in [0.3, 0.4) is 0 Å². The summed E-state index contributed by atoms with van der Waals surface area (Å²) in [5, 5.41) is 15.3. The van der Waals surface area contributed by atoms with Crippen LogP contribution in [0.4, 0.5) is 0 Å². The Kier molecular flexibility index (Phi) is 6.95. The first kappa shape index (κ1) is 25.8. The van der Waals surface area contributed by atoms with Gasteiger partial charge in [-0.1, -0.05) is 23.7 Å². The summed E-state index contributed by atoms with van der Waals surface area (Å²) in [7, 11) is 2.83. The zero-order valence-electron chi connectivity index (χ0n) is 21.0. The molecule has 2 aromatic heterocycles. The van der Waals surface area contributed by atoms with Gasteiger partial charge in [0.15, 0.2) is 23.4 Å². The first-order valence-electron chi connectivity index (χ1n) is 11.7. The number of para-hydroxylation sites is 1. The highest BCUT2D eigenvalue weighted by atomic mass is 35.5. The Labute approximate surface area is 226 Å². The molecule has 5 aromatic rings. The number of carbonyl (C=O) groups is 1. The van der Waals surface area contributed by atoms with E-state index in [0.717, 1.165) is 10.1 Å². The Balaban J connectivity index is 1.64. The molecule has 5 rings (SSSR count). The molecule has 0 amide bonds. The first-order valence-corrected chi connectivity index (χ1v) is 12.1. The van der Waals surface area contributed by atoms with E-state index in [9.17, 15) is 14.7 Å². The van der Waals surface area contributed by atoms with E-state index >= 15 is 0 Å². The number of ether oxygens (including phenoxy) is 3. The third-order valence-electron chi connectivity index (χ3n) is 5.90. The van der Waals surface area contributed by atoms with Gasteiger partial charge in [0.1, 0.15) is 5.58 Å². The fraction of sp³-hybridized carbons (Fsp3) is 0.143. The highest BCUT2D eigenvalue weighted by molar-refractivity contribution is 6.31. The second kappa shape index (κ2) is 10.5. The highest BCUT2D eigenvalue weighted by Gasteiger charge is 2.21. The van der Waals surface area contributed by atoms with Crippen molar-refractivity contribution in [3.63, 3.8) is 0 Å². The number of rotatable bonds is 8. The minimum atomic E-state index is -1.15. The molecule has 0 aliphatic rings. The van der Waals surface area contributed by atoms with Gasteiger partial charge in [0.25, 0.3) is 5.56 Å². The van der Waals surface area contributed by atoms with Gasteiger partial charge in [0.05, 0.1) is 31.3 Å². The number of carboxylic acid groups (broad SMARTS) is 1. The molecule has 11 heteroatoms. The number of furan rings is 1. The number of aromatic nitrogens is 2. The second-order valence-corrected chi connectivity index (χ2v) is 8.90. The maximum absolute atomic E-state index is 13.5. The highest BCUT2D eigenvalue weighted by Crippen LogP contribution is 2.39. The van der Waals surface area contributed by atoms with Crippen LogP contribution < -0.4 is 19.8 Å². The molecule has 39 heavy (non-hydrogen) atoms. The topological polar surface area (TPSA) is 125 Å². The van der Waals surface area contributed by atoms with Gasteiger partial charge in [0.2, 0.25) is 11.6 Å².